The van der Waals surface area contributed by atoms with Crippen LogP contribution in [0.15, 0.2) is 78.8 Å². The standard InChI is InChI=1S/C31H26FN5O/c1-19-24-12-11-23-28(25-9-4-5-14-34-25)36-37(30(23)31(24,2)16-26(33-3)29(19)38)27-13-10-22(18-35-27)21-8-6-7-20(15-21)17-32/h4-10,13-16,18-19,24H,11-12,17H2,1-2H3/t19-,24-,31-/m1/s1. The number of ketones is 1. The fourth-order valence-electron chi connectivity index (χ4n) is 6.21. The number of halogens is 1. The molecule has 38 heavy (non-hydrogen) atoms. The van der Waals surface area contributed by atoms with Gasteiger partial charge in [-0.05, 0) is 60.2 Å². The Morgan fingerprint density at radius 3 is 2.71 bits per heavy atom. The maximum absolute atomic E-state index is 13.2. The summed E-state index contributed by atoms with van der Waals surface area (Å²) in [6.45, 7) is 11.2. The monoisotopic (exact) mass is 503 g/mol. The van der Waals surface area contributed by atoms with Crippen LogP contribution in [0.25, 0.3) is 33.2 Å². The minimum atomic E-state index is -0.573. The quantitative estimate of drug-likeness (QED) is 0.306. The van der Waals surface area contributed by atoms with Crippen LogP contribution in [0.5, 0.6) is 0 Å². The SMILES string of the molecule is [C-]#[N+]C1=C[C@@]2(C)c3c(c(-c4ccccn4)nn3-c3ccc(-c4cccc(CF)c4)cn3)CC[C@@H]2[C@@H](C)C1=O. The number of fused-ring (bicyclic) bond motifs is 3. The molecule has 0 radical (unpaired) electrons. The Balaban J connectivity index is 1.54. The minimum Gasteiger partial charge on any atom is -0.308 e. The van der Waals surface area contributed by atoms with E-state index in [0.717, 1.165) is 46.6 Å². The van der Waals surface area contributed by atoms with Gasteiger partial charge in [-0.25, -0.2) is 18.9 Å². The maximum atomic E-state index is 13.2. The molecule has 0 unspecified atom stereocenters. The number of benzene rings is 1. The number of allylic oxidation sites excluding steroid dienone is 2. The molecule has 6 nitrogen and oxygen atoms in total. The smallest absolute Gasteiger partial charge is 0.226 e. The molecular formula is C31H26FN5O. The summed E-state index contributed by atoms with van der Waals surface area (Å²) in [5.74, 6) is 0.336. The van der Waals surface area contributed by atoms with Gasteiger partial charge in [-0.3, -0.25) is 4.98 Å². The molecule has 3 atom stereocenters. The summed E-state index contributed by atoms with van der Waals surface area (Å²) >= 11 is 0. The van der Waals surface area contributed by atoms with Gasteiger partial charge in [0, 0.05) is 34.9 Å². The van der Waals surface area contributed by atoms with Gasteiger partial charge in [-0.15, -0.1) is 0 Å². The molecule has 2 aliphatic rings. The van der Waals surface area contributed by atoms with E-state index >= 15 is 0 Å². The molecular weight excluding hydrogens is 477 g/mol. The van der Waals surface area contributed by atoms with Gasteiger partial charge in [0.05, 0.1) is 18.0 Å². The molecule has 188 valence electrons. The number of Topliss-reactive ketones (excluding diaryl/α,β-unsaturated/α-hetero) is 1. The fourth-order valence-corrected chi connectivity index (χ4v) is 6.21. The molecule has 2 aliphatic carbocycles. The third kappa shape index (κ3) is 3.67. The number of alkyl halides is 1. The van der Waals surface area contributed by atoms with Crippen LogP contribution in [0.3, 0.4) is 0 Å². The zero-order chi connectivity index (χ0) is 26.4. The van der Waals surface area contributed by atoms with E-state index < -0.39 is 12.1 Å². The summed E-state index contributed by atoms with van der Waals surface area (Å²) in [6.07, 6.45) is 6.96. The number of hydrogen-bond donors (Lipinski definition) is 0. The third-order valence-corrected chi connectivity index (χ3v) is 8.08. The summed E-state index contributed by atoms with van der Waals surface area (Å²) in [6, 6.07) is 17.0. The Morgan fingerprint density at radius 2 is 2.00 bits per heavy atom. The Labute approximate surface area is 220 Å². The molecule has 0 aliphatic heterocycles. The maximum Gasteiger partial charge on any atom is 0.226 e. The van der Waals surface area contributed by atoms with Gasteiger partial charge in [0.25, 0.3) is 0 Å². The molecule has 3 aromatic heterocycles. The number of carbonyl (C=O) groups is 1. The molecule has 0 spiro atoms. The van der Waals surface area contributed by atoms with E-state index in [2.05, 4.69) is 16.8 Å². The van der Waals surface area contributed by atoms with Gasteiger partial charge in [0.2, 0.25) is 5.70 Å². The van der Waals surface area contributed by atoms with Crippen LogP contribution in [-0.2, 0) is 23.3 Å². The summed E-state index contributed by atoms with van der Waals surface area (Å²) in [5.41, 5.74) is 5.61. The van der Waals surface area contributed by atoms with Gasteiger partial charge >= 0.3 is 0 Å². The summed E-state index contributed by atoms with van der Waals surface area (Å²) in [5, 5.41) is 5.04. The number of nitrogens with zero attached hydrogens (tertiary/aromatic N) is 5. The van der Waals surface area contributed by atoms with Crippen molar-refractivity contribution in [1.29, 1.82) is 0 Å². The molecule has 6 rings (SSSR count). The Hall–Kier alpha value is -4.44. The highest BCUT2D eigenvalue weighted by molar-refractivity contribution is 6.00. The second kappa shape index (κ2) is 9.14. The highest BCUT2D eigenvalue weighted by atomic mass is 19.1. The van der Waals surface area contributed by atoms with Gasteiger partial charge in [-0.1, -0.05) is 44.2 Å². The lowest BCUT2D eigenvalue weighted by atomic mass is 9.58. The summed E-state index contributed by atoms with van der Waals surface area (Å²) < 4.78 is 15.1. The molecule has 0 amide bonds. The Morgan fingerprint density at radius 1 is 1.13 bits per heavy atom. The predicted molar refractivity (Wildman–Crippen MR) is 143 cm³/mol. The molecule has 0 fully saturated rings. The zero-order valence-electron chi connectivity index (χ0n) is 21.2. The Bertz CT molecular complexity index is 1620. The fraction of sp³-hybridized carbons (Fsp3) is 0.258. The second-order valence-corrected chi connectivity index (χ2v) is 10.3. The van der Waals surface area contributed by atoms with Crippen LogP contribution in [0.2, 0.25) is 0 Å². The van der Waals surface area contributed by atoms with Crippen molar-refractivity contribution in [3.63, 3.8) is 0 Å². The minimum absolute atomic E-state index is 0.0442. The molecule has 0 saturated carbocycles. The van der Waals surface area contributed by atoms with E-state index in [9.17, 15) is 9.18 Å². The first-order valence-corrected chi connectivity index (χ1v) is 12.7. The lowest BCUT2D eigenvalue weighted by Gasteiger charge is -2.45. The predicted octanol–water partition coefficient (Wildman–Crippen LogP) is 6.31. The molecule has 7 heteroatoms. The molecule has 0 saturated heterocycles. The van der Waals surface area contributed by atoms with E-state index in [1.807, 2.05) is 66.2 Å². The van der Waals surface area contributed by atoms with Crippen molar-refractivity contribution in [3.8, 4) is 28.3 Å². The first-order valence-electron chi connectivity index (χ1n) is 12.7. The van der Waals surface area contributed by atoms with Crippen LogP contribution < -0.4 is 0 Å². The second-order valence-electron chi connectivity index (χ2n) is 10.3. The lowest BCUT2D eigenvalue weighted by Crippen LogP contribution is -2.46. The van der Waals surface area contributed by atoms with E-state index in [4.69, 9.17) is 16.7 Å². The van der Waals surface area contributed by atoms with Crippen molar-refractivity contribution in [1.82, 2.24) is 19.7 Å². The van der Waals surface area contributed by atoms with Crippen molar-refractivity contribution in [2.24, 2.45) is 11.8 Å². The topological polar surface area (TPSA) is 65.0 Å². The number of rotatable bonds is 4. The summed E-state index contributed by atoms with van der Waals surface area (Å²) in [7, 11) is 0. The summed E-state index contributed by atoms with van der Waals surface area (Å²) in [4.78, 5) is 25.9. The van der Waals surface area contributed by atoms with Crippen LogP contribution in [-0.4, -0.2) is 25.5 Å². The molecule has 0 bridgehead atoms. The highest BCUT2D eigenvalue weighted by Crippen LogP contribution is 2.52. The largest absolute Gasteiger partial charge is 0.308 e. The van der Waals surface area contributed by atoms with Gasteiger partial charge in [0.15, 0.2) is 11.6 Å². The van der Waals surface area contributed by atoms with Crippen LogP contribution >= 0.6 is 0 Å². The van der Waals surface area contributed by atoms with Crippen molar-refractivity contribution >= 4 is 5.78 Å². The first kappa shape index (κ1) is 23.9. The number of carbonyl (C=O) groups excluding carboxylic acids is 1. The normalized spacial score (nSPS) is 22.3. The van der Waals surface area contributed by atoms with Crippen molar-refractivity contribution < 1.29 is 9.18 Å². The Kier molecular flexibility index (Phi) is 5.76. The number of aromatic nitrogens is 4. The van der Waals surface area contributed by atoms with E-state index in [1.165, 1.54) is 0 Å². The van der Waals surface area contributed by atoms with Crippen LogP contribution in [0.1, 0.15) is 37.1 Å². The van der Waals surface area contributed by atoms with Crippen molar-refractivity contribution in [2.75, 3.05) is 0 Å². The van der Waals surface area contributed by atoms with Crippen LogP contribution in [0.4, 0.5) is 4.39 Å². The van der Waals surface area contributed by atoms with E-state index in [1.54, 1.807) is 18.5 Å². The average molecular weight is 504 g/mol. The van der Waals surface area contributed by atoms with Crippen molar-refractivity contribution in [3.05, 3.63) is 107 Å². The molecule has 0 N–H and O–H groups in total. The molecule has 4 aromatic rings. The first-order chi connectivity index (χ1) is 18.4. The average Bonchev–Trinajstić information content (AvgIpc) is 3.37. The zero-order valence-corrected chi connectivity index (χ0v) is 21.2. The van der Waals surface area contributed by atoms with Crippen molar-refractivity contribution in [2.45, 2.75) is 38.8 Å². The van der Waals surface area contributed by atoms with Gasteiger partial charge in [0.1, 0.15) is 12.4 Å². The molecule has 1 aromatic carbocycles. The van der Waals surface area contributed by atoms with E-state index in [-0.39, 0.29) is 23.3 Å². The number of pyridine rings is 2. The lowest BCUT2D eigenvalue weighted by molar-refractivity contribution is -0.121. The highest BCUT2D eigenvalue weighted by Gasteiger charge is 2.50. The van der Waals surface area contributed by atoms with E-state index in [0.29, 0.717) is 11.4 Å². The third-order valence-electron chi connectivity index (χ3n) is 8.08. The number of hydrogen-bond acceptors (Lipinski definition) is 4. The van der Waals surface area contributed by atoms with Gasteiger partial charge < -0.3 is 4.79 Å². The molecule has 3 heterocycles. The van der Waals surface area contributed by atoms with Crippen LogP contribution in [0, 0.1) is 18.4 Å². The van der Waals surface area contributed by atoms with Gasteiger partial charge in [-0.2, -0.15) is 5.10 Å².